The molecule has 3 atom stereocenters. The minimum Gasteiger partial charge on any atom is -0.301 e. The second-order valence-corrected chi connectivity index (χ2v) is 6.81. The molecule has 1 aromatic carbocycles. The van der Waals surface area contributed by atoms with Crippen molar-refractivity contribution in [1.29, 1.82) is 0 Å². The largest absolute Gasteiger partial charge is 0.301 e. The summed E-state index contributed by atoms with van der Waals surface area (Å²) >= 11 is 0. The molecule has 0 aliphatic carbocycles. The molecule has 2 heteroatoms. The number of aryl methyl sites for hydroxylation is 1. The topological polar surface area (TPSA) is 6.48 Å². The van der Waals surface area contributed by atoms with Crippen molar-refractivity contribution in [2.75, 3.05) is 26.7 Å². The van der Waals surface area contributed by atoms with Gasteiger partial charge in [-0.25, -0.2) is 0 Å². The Morgan fingerprint density at radius 2 is 1.68 bits per heavy atom. The van der Waals surface area contributed by atoms with E-state index < -0.39 is 0 Å². The van der Waals surface area contributed by atoms with Crippen LogP contribution in [-0.4, -0.2) is 48.6 Å². The van der Waals surface area contributed by atoms with Crippen LogP contribution in [0.5, 0.6) is 0 Å². The Kier molecular flexibility index (Phi) is 2.71. The van der Waals surface area contributed by atoms with Gasteiger partial charge < -0.3 is 4.90 Å². The molecule has 1 aromatic rings. The Hall–Kier alpha value is -0.860. The summed E-state index contributed by atoms with van der Waals surface area (Å²) < 4.78 is 0. The molecule has 4 heterocycles. The number of hydrogen-bond acceptors (Lipinski definition) is 2. The molecule has 4 aliphatic rings. The Bertz CT molecular complexity index is 459. The Morgan fingerprint density at radius 3 is 2.37 bits per heavy atom. The monoisotopic (exact) mass is 256 g/mol. The molecule has 0 radical (unpaired) electrons. The highest BCUT2D eigenvalue weighted by Crippen LogP contribution is 2.45. The van der Waals surface area contributed by atoms with E-state index in [4.69, 9.17) is 0 Å². The van der Waals surface area contributed by atoms with Gasteiger partial charge in [0.25, 0.3) is 0 Å². The molecule has 4 saturated heterocycles. The number of fused-ring (bicyclic) bond motifs is 2. The highest BCUT2D eigenvalue weighted by atomic mass is 15.3. The van der Waals surface area contributed by atoms with Crippen LogP contribution in [0.25, 0.3) is 0 Å². The minimum absolute atomic E-state index is 0.721. The molecule has 4 fully saturated rings. The summed E-state index contributed by atoms with van der Waals surface area (Å²) in [7, 11) is 2.34. The Morgan fingerprint density at radius 1 is 1.00 bits per heavy atom. The van der Waals surface area contributed by atoms with Crippen LogP contribution in [0.2, 0.25) is 0 Å². The molecule has 0 N–H and O–H groups in total. The van der Waals surface area contributed by atoms with Crippen molar-refractivity contribution >= 4 is 0 Å². The maximum Gasteiger partial charge on any atom is 0.0335 e. The molecule has 5 rings (SSSR count). The van der Waals surface area contributed by atoms with Gasteiger partial charge in [-0.3, -0.25) is 4.90 Å². The zero-order valence-corrected chi connectivity index (χ0v) is 12.0. The predicted molar refractivity (Wildman–Crippen MR) is 78.4 cm³/mol. The van der Waals surface area contributed by atoms with Crippen LogP contribution in [-0.2, 0) is 0 Å². The fourth-order valence-corrected chi connectivity index (χ4v) is 4.82. The van der Waals surface area contributed by atoms with E-state index in [0.717, 1.165) is 23.9 Å². The Labute approximate surface area is 116 Å². The fourth-order valence-electron chi connectivity index (χ4n) is 4.82. The van der Waals surface area contributed by atoms with Gasteiger partial charge in [-0.1, -0.05) is 29.8 Å². The summed E-state index contributed by atoms with van der Waals surface area (Å²) in [4.78, 5) is 5.42. The number of likely N-dealkylation sites (tertiary alicyclic amines) is 1. The molecule has 19 heavy (non-hydrogen) atoms. The highest BCUT2D eigenvalue weighted by molar-refractivity contribution is 5.29. The van der Waals surface area contributed by atoms with Crippen LogP contribution in [0.3, 0.4) is 0 Å². The minimum atomic E-state index is 0.721. The van der Waals surface area contributed by atoms with Crippen molar-refractivity contribution in [3.63, 3.8) is 0 Å². The van der Waals surface area contributed by atoms with Crippen LogP contribution in [0.15, 0.2) is 24.3 Å². The predicted octanol–water partition coefficient (Wildman–Crippen LogP) is 2.49. The van der Waals surface area contributed by atoms with E-state index in [1.165, 1.54) is 38.0 Å². The normalized spacial score (nSPS) is 41.5. The summed E-state index contributed by atoms with van der Waals surface area (Å²) in [5.74, 6) is 1.68. The lowest BCUT2D eigenvalue weighted by atomic mass is 9.75. The van der Waals surface area contributed by atoms with Crippen molar-refractivity contribution in [2.24, 2.45) is 5.92 Å². The first-order chi connectivity index (χ1) is 9.24. The highest BCUT2D eigenvalue weighted by Gasteiger charge is 2.51. The summed E-state index contributed by atoms with van der Waals surface area (Å²) in [5.41, 5.74) is 2.93. The lowest BCUT2D eigenvalue weighted by molar-refractivity contribution is 0.000201. The number of piperidine rings is 3. The van der Waals surface area contributed by atoms with E-state index in [-0.39, 0.29) is 0 Å². The van der Waals surface area contributed by atoms with E-state index >= 15 is 0 Å². The van der Waals surface area contributed by atoms with Gasteiger partial charge in [-0.15, -0.1) is 0 Å². The van der Waals surface area contributed by atoms with Crippen molar-refractivity contribution in [2.45, 2.75) is 37.8 Å². The van der Waals surface area contributed by atoms with Crippen molar-refractivity contribution in [1.82, 2.24) is 9.80 Å². The second kappa shape index (κ2) is 4.32. The lowest BCUT2D eigenvalue weighted by Gasteiger charge is -2.51. The van der Waals surface area contributed by atoms with Crippen LogP contribution < -0.4 is 0 Å². The van der Waals surface area contributed by atoms with Crippen molar-refractivity contribution < 1.29 is 0 Å². The fraction of sp³-hybridized carbons (Fsp3) is 0.647. The van der Waals surface area contributed by atoms with Gasteiger partial charge in [0.15, 0.2) is 0 Å². The maximum absolute atomic E-state index is 2.78. The van der Waals surface area contributed by atoms with E-state index in [1.807, 2.05) is 0 Å². The molecular weight excluding hydrogens is 232 g/mol. The van der Waals surface area contributed by atoms with E-state index in [9.17, 15) is 0 Å². The van der Waals surface area contributed by atoms with Crippen LogP contribution in [0, 0.1) is 12.8 Å². The quantitative estimate of drug-likeness (QED) is 0.761. The molecular formula is C17H24N2. The summed E-state index contributed by atoms with van der Waals surface area (Å²) in [6.45, 7) is 6.09. The third kappa shape index (κ3) is 1.77. The smallest absolute Gasteiger partial charge is 0.0335 e. The first-order valence-electron chi connectivity index (χ1n) is 7.75. The number of rotatable bonds is 1. The average molecular weight is 256 g/mol. The van der Waals surface area contributed by atoms with Crippen LogP contribution in [0.1, 0.15) is 29.9 Å². The summed E-state index contributed by atoms with van der Waals surface area (Å²) in [6, 6.07) is 10.9. The molecule has 0 unspecified atom stereocenters. The van der Waals surface area contributed by atoms with Crippen LogP contribution in [0.4, 0.5) is 0 Å². The van der Waals surface area contributed by atoms with Gasteiger partial charge in [-0.05, 0) is 51.4 Å². The lowest BCUT2D eigenvalue weighted by Crippen LogP contribution is -2.59. The third-order valence-corrected chi connectivity index (χ3v) is 5.74. The third-order valence-electron chi connectivity index (χ3n) is 5.74. The van der Waals surface area contributed by atoms with Gasteiger partial charge in [0, 0.05) is 24.5 Å². The summed E-state index contributed by atoms with van der Waals surface area (Å²) in [6.07, 6.45) is 2.85. The molecule has 102 valence electrons. The van der Waals surface area contributed by atoms with E-state index in [2.05, 4.69) is 48.0 Å². The zero-order chi connectivity index (χ0) is 13.0. The first-order valence-corrected chi connectivity index (χ1v) is 7.75. The molecule has 0 aromatic heterocycles. The number of benzene rings is 1. The average Bonchev–Trinajstić information content (AvgIpc) is 2.81. The molecule has 0 saturated carbocycles. The van der Waals surface area contributed by atoms with Gasteiger partial charge in [0.2, 0.25) is 0 Å². The number of likely N-dealkylation sites (N-methyl/N-ethyl adjacent to an activating group) is 1. The van der Waals surface area contributed by atoms with E-state index in [1.54, 1.807) is 5.56 Å². The molecule has 2 nitrogen and oxygen atoms in total. The van der Waals surface area contributed by atoms with Gasteiger partial charge in [0.1, 0.15) is 0 Å². The molecule has 0 spiro atoms. The Balaban J connectivity index is 1.68. The summed E-state index contributed by atoms with van der Waals surface area (Å²) in [5, 5.41) is 0. The first kappa shape index (κ1) is 11.9. The molecule has 0 amide bonds. The molecule has 4 aliphatic heterocycles. The number of hydrogen-bond donors (Lipinski definition) is 0. The van der Waals surface area contributed by atoms with Crippen molar-refractivity contribution in [3.05, 3.63) is 35.4 Å². The number of nitrogens with zero attached hydrogens (tertiary/aromatic N) is 2. The standard InChI is InChI=1S/C17H24N2/c1-12-3-5-13(6-4-12)15-11-18(2)16-14-7-9-19(10-8-14)17(15)16/h3-6,14-17H,7-11H2,1-2H3/t15-,16+,17+/m1/s1. The second-order valence-electron chi connectivity index (χ2n) is 6.81. The van der Waals surface area contributed by atoms with Gasteiger partial charge in [0.05, 0.1) is 0 Å². The van der Waals surface area contributed by atoms with Crippen molar-refractivity contribution in [3.8, 4) is 0 Å². The SMILES string of the molecule is Cc1ccc([C@H]2CN(C)[C@H]3C4CCN(CC4)[C@@H]23)cc1. The van der Waals surface area contributed by atoms with Crippen LogP contribution >= 0.6 is 0 Å². The van der Waals surface area contributed by atoms with Gasteiger partial charge in [-0.2, -0.15) is 0 Å². The maximum atomic E-state index is 2.78. The molecule has 2 bridgehead atoms. The van der Waals surface area contributed by atoms with Gasteiger partial charge >= 0.3 is 0 Å². The zero-order valence-electron chi connectivity index (χ0n) is 12.0. The van der Waals surface area contributed by atoms with E-state index in [0.29, 0.717) is 0 Å².